The molecule has 0 spiro atoms. The molecule has 1 saturated heterocycles. The van der Waals surface area contributed by atoms with Crippen LogP contribution >= 0.6 is 0 Å². The van der Waals surface area contributed by atoms with Gasteiger partial charge >= 0.3 is 0 Å². The van der Waals surface area contributed by atoms with Gasteiger partial charge in [0.05, 0.1) is 0 Å². The van der Waals surface area contributed by atoms with Gasteiger partial charge in [-0.1, -0.05) is 39.5 Å². The van der Waals surface area contributed by atoms with Crippen LogP contribution in [0.3, 0.4) is 0 Å². The summed E-state index contributed by atoms with van der Waals surface area (Å²) in [6, 6.07) is -0.0829. The minimum absolute atomic E-state index is 0.0238. The Balaban J connectivity index is 2.31. The Bertz CT molecular complexity index is 375. The number of rotatable bonds is 3. The first-order valence-electron chi connectivity index (χ1n) is 8.18. The number of piperazine rings is 1. The summed E-state index contributed by atoms with van der Waals surface area (Å²) in [5.74, 6) is 0.152. The molecule has 2 amide bonds. The Kier molecular flexibility index (Phi) is 4.71. The maximum atomic E-state index is 12.8. The molecule has 0 radical (unpaired) electrons. The lowest BCUT2D eigenvalue weighted by molar-refractivity contribution is -0.160. The van der Waals surface area contributed by atoms with E-state index >= 15 is 0 Å². The van der Waals surface area contributed by atoms with Crippen molar-refractivity contribution in [3.63, 3.8) is 0 Å². The lowest BCUT2D eigenvalue weighted by Gasteiger charge is -2.49. The molecule has 4 heteroatoms. The fourth-order valence-electron chi connectivity index (χ4n) is 3.60. The molecule has 20 heavy (non-hydrogen) atoms. The number of carbonyl (C=O) groups excluding carboxylic acids is 2. The third kappa shape index (κ3) is 2.57. The smallest absolute Gasteiger partial charge is 0.246 e. The Labute approximate surface area is 122 Å². The van der Waals surface area contributed by atoms with Crippen LogP contribution in [0, 0.1) is 0 Å². The standard InChI is InChI=1S/C16H28N2O2/c1-4-13-14(19)18(12-10-8-6-7-9-11-12)16(3,5-2)15(20)17-13/h12-13H,4-11H2,1-3H3,(H,17,20). The Morgan fingerprint density at radius 1 is 1.15 bits per heavy atom. The van der Waals surface area contributed by atoms with Gasteiger partial charge in [-0.25, -0.2) is 0 Å². The summed E-state index contributed by atoms with van der Waals surface area (Å²) < 4.78 is 0. The summed E-state index contributed by atoms with van der Waals surface area (Å²) in [4.78, 5) is 27.2. The molecule has 2 unspecified atom stereocenters. The van der Waals surface area contributed by atoms with Crippen molar-refractivity contribution < 1.29 is 9.59 Å². The Morgan fingerprint density at radius 3 is 2.25 bits per heavy atom. The molecule has 0 aromatic heterocycles. The van der Waals surface area contributed by atoms with Crippen LogP contribution in [0.15, 0.2) is 0 Å². The fourth-order valence-corrected chi connectivity index (χ4v) is 3.60. The summed E-state index contributed by atoms with van der Waals surface area (Å²) in [7, 11) is 0. The van der Waals surface area contributed by atoms with E-state index in [4.69, 9.17) is 0 Å². The molecular weight excluding hydrogens is 252 g/mol. The van der Waals surface area contributed by atoms with E-state index in [1.807, 2.05) is 25.7 Å². The molecule has 2 aliphatic rings. The van der Waals surface area contributed by atoms with E-state index < -0.39 is 5.54 Å². The third-order valence-corrected chi connectivity index (χ3v) is 5.15. The van der Waals surface area contributed by atoms with Gasteiger partial charge in [-0.15, -0.1) is 0 Å². The second-order valence-corrected chi connectivity index (χ2v) is 6.42. The minimum atomic E-state index is -0.669. The topological polar surface area (TPSA) is 49.4 Å². The van der Waals surface area contributed by atoms with Gasteiger partial charge in [-0.2, -0.15) is 0 Å². The van der Waals surface area contributed by atoms with Crippen LogP contribution < -0.4 is 5.32 Å². The van der Waals surface area contributed by atoms with Crippen molar-refractivity contribution in [2.24, 2.45) is 0 Å². The van der Waals surface area contributed by atoms with Gasteiger partial charge in [0.1, 0.15) is 11.6 Å². The number of amides is 2. The van der Waals surface area contributed by atoms with Crippen molar-refractivity contribution in [3.8, 4) is 0 Å². The van der Waals surface area contributed by atoms with Crippen LogP contribution in [0.4, 0.5) is 0 Å². The third-order valence-electron chi connectivity index (χ3n) is 5.15. The highest BCUT2D eigenvalue weighted by molar-refractivity contribution is 5.99. The monoisotopic (exact) mass is 280 g/mol. The maximum absolute atomic E-state index is 12.8. The molecule has 1 N–H and O–H groups in total. The number of nitrogens with one attached hydrogen (secondary N) is 1. The highest BCUT2D eigenvalue weighted by Gasteiger charge is 2.50. The van der Waals surface area contributed by atoms with E-state index in [0.717, 1.165) is 12.8 Å². The molecule has 0 aromatic carbocycles. The van der Waals surface area contributed by atoms with Crippen molar-refractivity contribution in [1.82, 2.24) is 10.2 Å². The number of hydrogen-bond acceptors (Lipinski definition) is 2. The zero-order valence-electron chi connectivity index (χ0n) is 13.1. The van der Waals surface area contributed by atoms with E-state index in [-0.39, 0.29) is 23.9 Å². The van der Waals surface area contributed by atoms with E-state index in [1.165, 1.54) is 25.7 Å². The van der Waals surface area contributed by atoms with Crippen LogP contribution in [-0.2, 0) is 9.59 Å². The summed E-state index contributed by atoms with van der Waals surface area (Å²) >= 11 is 0. The largest absolute Gasteiger partial charge is 0.342 e. The number of nitrogens with zero attached hydrogens (tertiary/aromatic N) is 1. The van der Waals surface area contributed by atoms with E-state index in [1.54, 1.807) is 0 Å². The number of carbonyl (C=O) groups is 2. The van der Waals surface area contributed by atoms with E-state index in [9.17, 15) is 9.59 Å². The van der Waals surface area contributed by atoms with Crippen molar-refractivity contribution in [3.05, 3.63) is 0 Å². The van der Waals surface area contributed by atoms with Gasteiger partial charge in [-0.05, 0) is 32.6 Å². The first kappa shape index (κ1) is 15.3. The van der Waals surface area contributed by atoms with E-state index in [0.29, 0.717) is 12.8 Å². The summed E-state index contributed by atoms with van der Waals surface area (Å²) in [6.07, 6.45) is 8.30. The molecule has 4 nitrogen and oxygen atoms in total. The lowest BCUT2D eigenvalue weighted by atomic mass is 9.86. The van der Waals surface area contributed by atoms with E-state index in [2.05, 4.69) is 5.32 Å². The molecular formula is C16H28N2O2. The van der Waals surface area contributed by atoms with Crippen molar-refractivity contribution in [1.29, 1.82) is 0 Å². The SMILES string of the molecule is CCC1NC(=O)C(C)(CC)N(C2CCCCCC2)C1=O. The van der Waals surface area contributed by atoms with Gasteiger partial charge in [0.25, 0.3) is 0 Å². The highest BCUT2D eigenvalue weighted by atomic mass is 16.2. The van der Waals surface area contributed by atoms with Gasteiger partial charge in [-0.3, -0.25) is 9.59 Å². The van der Waals surface area contributed by atoms with Gasteiger partial charge in [0.15, 0.2) is 0 Å². The first-order valence-corrected chi connectivity index (χ1v) is 8.18. The lowest BCUT2D eigenvalue weighted by Crippen LogP contribution is -2.71. The van der Waals surface area contributed by atoms with Gasteiger partial charge in [0.2, 0.25) is 11.8 Å². The quantitative estimate of drug-likeness (QED) is 0.808. The molecule has 1 saturated carbocycles. The fraction of sp³-hybridized carbons (Fsp3) is 0.875. The molecule has 0 bridgehead atoms. The molecule has 2 atom stereocenters. The minimum Gasteiger partial charge on any atom is -0.342 e. The number of hydrogen-bond donors (Lipinski definition) is 1. The zero-order valence-corrected chi connectivity index (χ0v) is 13.1. The molecule has 114 valence electrons. The molecule has 1 heterocycles. The summed E-state index contributed by atoms with van der Waals surface area (Å²) in [5.41, 5.74) is -0.669. The molecule has 2 rings (SSSR count). The zero-order chi connectivity index (χ0) is 14.8. The van der Waals surface area contributed by atoms with Crippen LogP contribution in [0.1, 0.15) is 72.1 Å². The van der Waals surface area contributed by atoms with Crippen LogP contribution in [0.25, 0.3) is 0 Å². The predicted octanol–water partition coefficient (Wildman–Crippen LogP) is 2.61. The summed E-state index contributed by atoms with van der Waals surface area (Å²) in [6.45, 7) is 5.89. The molecule has 2 fully saturated rings. The van der Waals surface area contributed by atoms with Gasteiger partial charge < -0.3 is 10.2 Å². The average molecular weight is 280 g/mol. The van der Waals surface area contributed by atoms with Gasteiger partial charge in [0, 0.05) is 6.04 Å². The predicted molar refractivity (Wildman–Crippen MR) is 79.3 cm³/mol. The Morgan fingerprint density at radius 2 is 1.75 bits per heavy atom. The first-order chi connectivity index (χ1) is 9.54. The second kappa shape index (κ2) is 6.15. The van der Waals surface area contributed by atoms with Crippen molar-refractivity contribution >= 4 is 11.8 Å². The van der Waals surface area contributed by atoms with Crippen LogP contribution in [0.2, 0.25) is 0 Å². The molecule has 0 aromatic rings. The molecule has 1 aliphatic heterocycles. The van der Waals surface area contributed by atoms with Crippen molar-refractivity contribution in [2.75, 3.05) is 0 Å². The van der Waals surface area contributed by atoms with Crippen LogP contribution in [0.5, 0.6) is 0 Å². The highest BCUT2D eigenvalue weighted by Crippen LogP contribution is 2.33. The van der Waals surface area contributed by atoms with Crippen molar-refractivity contribution in [2.45, 2.75) is 89.8 Å². The van der Waals surface area contributed by atoms with Crippen LogP contribution in [-0.4, -0.2) is 34.3 Å². The molecule has 1 aliphatic carbocycles. The Hall–Kier alpha value is -1.06. The second-order valence-electron chi connectivity index (χ2n) is 6.42. The summed E-state index contributed by atoms with van der Waals surface area (Å²) in [5, 5.41) is 2.91. The maximum Gasteiger partial charge on any atom is 0.246 e. The normalized spacial score (nSPS) is 33.0. The average Bonchev–Trinajstić information content (AvgIpc) is 2.72.